The van der Waals surface area contributed by atoms with Crippen LogP contribution in [0.2, 0.25) is 5.02 Å². The fourth-order valence-electron chi connectivity index (χ4n) is 2.68. The van der Waals surface area contributed by atoms with Crippen LogP contribution >= 0.6 is 11.6 Å². The lowest BCUT2D eigenvalue weighted by Gasteiger charge is -2.20. The Bertz CT molecular complexity index is 476. The quantitative estimate of drug-likeness (QED) is 0.872. The Hall–Kier alpha value is -0.940. The number of nitrogens with zero attached hydrogens (tertiary/aromatic N) is 1. The highest BCUT2D eigenvalue weighted by Crippen LogP contribution is 2.36. The Kier molecular flexibility index (Phi) is 5.38. The summed E-state index contributed by atoms with van der Waals surface area (Å²) in [7, 11) is 0. The number of anilines is 1. The minimum Gasteiger partial charge on any atom is -0.382 e. The maximum Gasteiger partial charge on any atom is 0.417 e. The number of nitrogens with one attached hydrogen (secondary N) is 1. The van der Waals surface area contributed by atoms with E-state index in [1.165, 1.54) is 6.07 Å². The fraction of sp³-hybridized carbons (Fsp3) is 0.600. The van der Waals surface area contributed by atoms with E-state index >= 15 is 0 Å². The van der Waals surface area contributed by atoms with Gasteiger partial charge in [-0.2, -0.15) is 13.2 Å². The fourth-order valence-corrected chi connectivity index (χ4v) is 2.91. The van der Waals surface area contributed by atoms with E-state index in [0.29, 0.717) is 5.69 Å². The van der Waals surface area contributed by atoms with Crippen LogP contribution in [0.4, 0.5) is 18.9 Å². The highest BCUT2D eigenvalue weighted by molar-refractivity contribution is 6.31. The Morgan fingerprint density at radius 1 is 1.29 bits per heavy atom. The summed E-state index contributed by atoms with van der Waals surface area (Å²) < 4.78 is 38.6. The zero-order valence-electron chi connectivity index (χ0n) is 12.0. The van der Waals surface area contributed by atoms with Crippen molar-refractivity contribution < 1.29 is 13.2 Å². The van der Waals surface area contributed by atoms with Crippen LogP contribution in [0.1, 0.15) is 31.7 Å². The third-order valence-corrected chi connectivity index (χ3v) is 4.24. The Labute approximate surface area is 128 Å². The lowest BCUT2D eigenvalue weighted by molar-refractivity contribution is -0.137. The molecule has 0 aromatic heterocycles. The number of hydrogen-bond acceptors (Lipinski definition) is 2. The van der Waals surface area contributed by atoms with Gasteiger partial charge in [0.15, 0.2) is 0 Å². The van der Waals surface area contributed by atoms with E-state index in [-0.39, 0.29) is 11.1 Å². The van der Waals surface area contributed by atoms with Gasteiger partial charge in [-0.05, 0) is 50.6 Å². The van der Waals surface area contributed by atoms with Gasteiger partial charge >= 0.3 is 6.18 Å². The zero-order chi connectivity index (χ0) is 15.5. The van der Waals surface area contributed by atoms with E-state index in [0.717, 1.165) is 45.0 Å². The summed E-state index contributed by atoms with van der Waals surface area (Å²) in [4.78, 5) is 2.37. The van der Waals surface area contributed by atoms with Crippen molar-refractivity contribution in [2.45, 2.75) is 38.4 Å². The van der Waals surface area contributed by atoms with Crippen LogP contribution in [-0.4, -0.2) is 30.6 Å². The van der Waals surface area contributed by atoms with E-state index < -0.39 is 11.7 Å². The molecule has 6 heteroatoms. The molecule has 1 aromatic rings. The van der Waals surface area contributed by atoms with Crippen LogP contribution in [0, 0.1) is 0 Å². The first kappa shape index (κ1) is 16.4. The second-order valence-corrected chi connectivity index (χ2v) is 5.81. The molecule has 2 nitrogen and oxygen atoms in total. The van der Waals surface area contributed by atoms with Crippen molar-refractivity contribution in [3.8, 4) is 0 Å². The average molecular weight is 321 g/mol. The van der Waals surface area contributed by atoms with Crippen LogP contribution < -0.4 is 5.32 Å². The van der Waals surface area contributed by atoms with Crippen molar-refractivity contribution in [1.29, 1.82) is 0 Å². The van der Waals surface area contributed by atoms with Gasteiger partial charge in [0.25, 0.3) is 0 Å². The lowest BCUT2D eigenvalue weighted by Crippen LogP contribution is -2.26. The summed E-state index contributed by atoms with van der Waals surface area (Å²) in [5.41, 5.74) is -0.292. The molecule has 118 valence electrons. The van der Waals surface area contributed by atoms with Crippen molar-refractivity contribution in [3.05, 3.63) is 28.8 Å². The molecule has 1 aliphatic rings. The third-order valence-electron chi connectivity index (χ3n) is 3.91. The van der Waals surface area contributed by atoms with Gasteiger partial charge in [0, 0.05) is 18.3 Å². The molecule has 1 N–H and O–H groups in total. The molecule has 1 heterocycles. The van der Waals surface area contributed by atoms with E-state index in [2.05, 4.69) is 17.1 Å². The predicted octanol–water partition coefficient (Wildman–Crippen LogP) is 4.65. The van der Waals surface area contributed by atoms with Crippen molar-refractivity contribution in [3.63, 3.8) is 0 Å². The number of rotatable bonds is 3. The molecular weight excluding hydrogens is 301 g/mol. The van der Waals surface area contributed by atoms with E-state index in [9.17, 15) is 13.2 Å². The van der Waals surface area contributed by atoms with E-state index in [1.807, 2.05) is 0 Å². The largest absolute Gasteiger partial charge is 0.417 e. The van der Waals surface area contributed by atoms with Crippen molar-refractivity contribution in [1.82, 2.24) is 4.90 Å². The lowest BCUT2D eigenvalue weighted by atomic mass is 10.1. The summed E-state index contributed by atoms with van der Waals surface area (Å²) in [5, 5.41) is 2.96. The molecule has 2 rings (SSSR count). The Balaban J connectivity index is 2.06. The van der Waals surface area contributed by atoms with Gasteiger partial charge in [-0.1, -0.05) is 18.5 Å². The second kappa shape index (κ2) is 6.88. The first-order valence-electron chi connectivity index (χ1n) is 7.25. The van der Waals surface area contributed by atoms with Crippen molar-refractivity contribution >= 4 is 17.3 Å². The Morgan fingerprint density at radius 2 is 2.05 bits per heavy atom. The number of likely N-dealkylation sites (tertiary alicyclic amines) is 1. The van der Waals surface area contributed by atoms with Crippen molar-refractivity contribution in [2.24, 2.45) is 0 Å². The molecule has 1 saturated heterocycles. The number of alkyl halides is 3. The normalized spacial score (nSPS) is 21.1. The van der Waals surface area contributed by atoms with Gasteiger partial charge in [0.2, 0.25) is 0 Å². The number of benzene rings is 1. The molecule has 1 aliphatic heterocycles. The molecule has 0 aliphatic carbocycles. The first-order valence-corrected chi connectivity index (χ1v) is 7.63. The van der Waals surface area contributed by atoms with Gasteiger partial charge in [0.1, 0.15) is 0 Å². The minimum absolute atomic E-state index is 0.212. The summed E-state index contributed by atoms with van der Waals surface area (Å²) >= 11 is 5.63. The molecule has 1 fully saturated rings. The van der Waals surface area contributed by atoms with Gasteiger partial charge < -0.3 is 10.2 Å². The highest BCUT2D eigenvalue weighted by atomic mass is 35.5. The molecule has 21 heavy (non-hydrogen) atoms. The molecule has 1 aromatic carbocycles. The topological polar surface area (TPSA) is 15.3 Å². The molecule has 0 bridgehead atoms. The minimum atomic E-state index is -4.42. The highest BCUT2D eigenvalue weighted by Gasteiger charge is 2.33. The predicted molar refractivity (Wildman–Crippen MR) is 79.8 cm³/mol. The van der Waals surface area contributed by atoms with Gasteiger partial charge in [-0.25, -0.2) is 0 Å². The SMILES string of the molecule is CCN1CCCC(Nc2ccc(Cl)c(C(F)(F)F)c2)CC1. The van der Waals surface area contributed by atoms with Crippen LogP contribution in [0.3, 0.4) is 0 Å². The average Bonchev–Trinajstić information content (AvgIpc) is 2.65. The Morgan fingerprint density at radius 3 is 2.71 bits per heavy atom. The van der Waals surface area contributed by atoms with Crippen LogP contribution in [0.5, 0.6) is 0 Å². The second-order valence-electron chi connectivity index (χ2n) is 5.40. The number of halogens is 4. The summed E-state index contributed by atoms with van der Waals surface area (Å²) in [6.45, 7) is 5.19. The first-order chi connectivity index (χ1) is 9.90. The zero-order valence-corrected chi connectivity index (χ0v) is 12.8. The smallest absolute Gasteiger partial charge is 0.382 e. The summed E-state index contributed by atoms with van der Waals surface area (Å²) in [6.07, 6.45) is -1.44. The molecule has 0 radical (unpaired) electrons. The molecular formula is C15H20ClF3N2. The molecule has 1 atom stereocenters. The van der Waals surface area contributed by atoms with Crippen LogP contribution in [0.25, 0.3) is 0 Å². The van der Waals surface area contributed by atoms with Gasteiger partial charge in [-0.3, -0.25) is 0 Å². The summed E-state index contributed by atoms with van der Waals surface area (Å²) in [5.74, 6) is 0. The number of hydrogen-bond donors (Lipinski definition) is 1. The maximum absolute atomic E-state index is 12.9. The molecule has 0 amide bonds. The van der Waals surface area contributed by atoms with Crippen LogP contribution in [0.15, 0.2) is 18.2 Å². The third kappa shape index (κ3) is 4.51. The summed E-state index contributed by atoms with van der Waals surface area (Å²) in [6, 6.07) is 4.23. The molecule has 0 spiro atoms. The van der Waals surface area contributed by atoms with E-state index in [1.54, 1.807) is 6.07 Å². The van der Waals surface area contributed by atoms with Gasteiger partial charge in [-0.15, -0.1) is 0 Å². The van der Waals surface area contributed by atoms with Gasteiger partial charge in [0.05, 0.1) is 10.6 Å². The van der Waals surface area contributed by atoms with Crippen LogP contribution in [-0.2, 0) is 6.18 Å². The molecule has 0 saturated carbocycles. The standard InChI is InChI=1S/C15H20ClF3N2/c1-2-21-8-3-4-11(7-9-21)20-12-5-6-14(16)13(10-12)15(17,18)19/h5-6,10-11,20H,2-4,7-9H2,1H3. The van der Waals surface area contributed by atoms with E-state index in [4.69, 9.17) is 11.6 Å². The maximum atomic E-state index is 12.9. The molecule has 1 unspecified atom stereocenters. The monoisotopic (exact) mass is 320 g/mol. The van der Waals surface area contributed by atoms with Crippen molar-refractivity contribution in [2.75, 3.05) is 25.0 Å².